The standard InChI is InChI=1S/C15H14ClNO5S/c1-15(22-7-10(18)19)12(16)11(23-13(15)14(20)21)8-4-3-5-9(6-8)17-2/h3-6,13H,2,7H2,1H3,(H,18,19)(H,20,21). The zero-order valence-electron chi connectivity index (χ0n) is 12.2. The molecule has 1 aliphatic heterocycles. The van der Waals surface area contributed by atoms with Crippen molar-refractivity contribution in [3.63, 3.8) is 0 Å². The Morgan fingerprint density at radius 3 is 2.74 bits per heavy atom. The number of hydrogen-bond donors (Lipinski definition) is 2. The fourth-order valence-corrected chi connectivity index (χ4v) is 3.99. The summed E-state index contributed by atoms with van der Waals surface area (Å²) in [7, 11) is 0. The van der Waals surface area contributed by atoms with Gasteiger partial charge in [0, 0.05) is 4.91 Å². The summed E-state index contributed by atoms with van der Waals surface area (Å²) >= 11 is 7.39. The van der Waals surface area contributed by atoms with Gasteiger partial charge in [0.25, 0.3) is 0 Å². The van der Waals surface area contributed by atoms with Crippen LogP contribution >= 0.6 is 23.4 Å². The fraction of sp³-hybridized carbons (Fsp3) is 0.267. The van der Waals surface area contributed by atoms with E-state index >= 15 is 0 Å². The predicted molar refractivity (Wildman–Crippen MR) is 89.4 cm³/mol. The number of benzene rings is 1. The molecule has 0 fully saturated rings. The number of ether oxygens (including phenoxy) is 1. The van der Waals surface area contributed by atoms with Crippen LogP contribution in [0.1, 0.15) is 12.5 Å². The summed E-state index contributed by atoms with van der Waals surface area (Å²) in [4.78, 5) is 26.7. The first-order valence-corrected chi connectivity index (χ1v) is 7.78. The SMILES string of the molecule is C=Nc1cccc(C2=C(Cl)C(C)(OCC(=O)O)C(C(=O)O)S2)c1. The molecular weight excluding hydrogens is 342 g/mol. The molecule has 8 heteroatoms. The van der Waals surface area contributed by atoms with Gasteiger partial charge in [0.15, 0.2) is 0 Å². The van der Waals surface area contributed by atoms with Crippen molar-refractivity contribution in [1.29, 1.82) is 0 Å². The number of aliphatic imine (C=N–C) groups is 1. The van der Waals surface area contributed by atoms with Gasteiger partial charge in [-0.1, -0.05) is 23.7 Å². The molecule has 6 nitrogen and oxygen atoms in total. The number of carboxylic acid groups (broad SMARTS) is 2. The van der Waals surface area contributed by atoms with Crippen LogP contribution in [-0.4, -0.2) is 46.3 Å². The minimum absolute atomic E-state index is 0.164. The Morgan fingerprint density at radius 2 is 2.17 bits per heavy atom. The van der Waals surface area contributed by atoms with E-state index in [0.717, 1.165) is 11.8 Å². The fourth-order valence-electron chi connectivity index (χ4n) is 2.20. The molecule has 1 aromatic rings. The van der Waals surface area contributed by atoms with Crippen molar-refractivity contribution in [1.82, 2.24) is 0 Å². The number of hydrogen-bond acceptors (Lipinski definition) is 5. The summed E-state index contributed by atoms with van der Waals surface area (Å²) in [5.41, 5.74) is -0.130. The van der Waals surface area contributed by atoms with Crippen molar-refractivity contribution < 1.29 is 24.5 Å². The third kappa shape index (κ3) is 3.41. The Morgan fingerprint density at radius 1 is 1.48 bits per heavy atom. The highest BCUT2D eigenvalue weighted by molar-refractivity contribution is 8.10. The van der Waals surface area contributed by atoms with Crippen LogP contribution in [0.15, 0.2) is 34.3 Å². The number of carbonyl (C=O) groups is 2. The van der Waals surface area contributed by atoms with Crippen LogP contribution in [0.25, 0.3) is 4.91 Å². The van der Waals surface area contributed by atoms with Gasteiger partial charge in [-0.25, -0.2) is 4.79 Å². The number of aliphatic carboxylic acids is 2. The lowest BCUT2D eigenvalue weighted by Crippen LogP contribution is -2.43. The first-order chi connectivity index (χ1) is 10.8. The number of thioether (sulfide) groups is 1. The molecule has 2 unspecified atom stereocenters. The van der Waals surface area contributed by atoms with Gasteiger partial charge in [-0.15, -0.1) is 11.8 Å². The van der Waals surface area contributed by atoms with Gasteiger partial charge in [-0.2, -0.15) is 0 Å². The molecule has 1 heterocycles. The lowest BCUT2D eigenvalue weighted by atomic mass is 9.99. The summed E-state index contributed by atoms with van der Waals surface area (Å²) in [6.07, 6.45) is 0. The maximum Gasteiger partial charge on any atom is 0.329 e. The minimum Gasteiger partial charge on any atom is -0.480 e. The van der Waals surface area contributed by atoms with Crippen LogP contribution in [0.5, 0.6) is 0 Å². The van der Waals surface area contributed by atoms with Crippen molar-refractivity contribution in [3.05, 3.63) is 34.9 Å². The molecule has 0 aliphatic carbocycles. The van der Waals surface area contributed by atoms with Gasteiger partial charge in [0.05, 0.1) is 10.7 Å². The van der Waals surface area contributed by atoms with Crippen molar-refractivity contribution in [2.75, 3.05) is 6.61 Å². The smallest absolute Gasteiger partial charge is 0.329 e. The first-order valence-electron chi connectivity index (χ1n) is 6.52. The van der Waals surface area contributed by atoms with E-state index in [0.29, 0.717) is 16.2 Å². The number of halogens is 1. The second-order valence-electron chi connectivity index (χ2n) is 4.98. The normalized spacial score (nSPS) is 23.8. The van der Waals surface area contributed by atoms with Crippen LogP contribution in [0.2, 0.25) is 0 Å². The predicted octanol–water partition coefficient (Wildman–Crippen LogP) is 2.99. The molecule has 2 rings (SSSR count). The molecule has 0 aromatic heterocycles. The first kappa shape index (κ1) is 17.5. The van der Waals surface area contributed by atoms with E-state index in [-0.39, 0.29) is 5.03 Å². The molecule has 1 aromatic carbocycles. The topological polar surface area (TPSA) is 96.2 Å². The minimum atomic E-state index is -1.43. The zero-order valence-corrected chi connectivity index (χ0v) is 13.7. The third-order valence-electron chi connectivity index (χ3n) is 3.38. The van der Waals surface area contributed by atoms with Crippen LogP contribution in [0.3, 0.4) is 0 Å². The molecule has 122 valence electrons. The van der Waals surface area contributed by atoms with E-state index in [1.807, 2.05) is 0 Å². The quantitative estimate of drug-likeness (QED) is 0.761. The highest BCUT2D eigenvalue weighted by Gasteiger charge is 2.51. The highest BCUT2D eigenvalue weighted by atomic mass is 35.5. The number of rotatable bonds is 6. The Labute approximate surface area is 141 Å². The van der Waals surface area contributed by atoms with Gasteiger partial charge >= 0.3 is 11.9 Å². The average molecular weight is 356 g/mol. The maximum absolute atomic E-state index is 11.5. The molecule has 2 atom stereocenters. The number of carboxylic acids is 2. The Balaban J connectivity index is 2.46. The van der Waals surface area contributed by atoms with Gasteiger partial charge in [0.2, 0.25) is 0 Å². The van der Waals surface area contributed by atoms with Crippen molar-refractivity contribution >= 4 is 52.6 Å². The lowest BCUT2D eigenvalue weighted by molar-refractivity contribution is -0.151. The van der Waals surface area contributed by atoms with Crippen molar-refractivity contribution in [3.8, 4) is 0 Å². The van der Waals surface area contributed by atoms with Crippen LogP contribution in [0, 0.1) is 0 Å². The Kier molecular flexibility index (Phi) is 5.13. The van der Waals surface area contributed by atoms with Gasteiger partial charge in [-0.05, 0) is 31.3 Å². The Bertz CT molecular complexity index is 705. The van der Waals surface area contributed by atoms with Crippen molar-refractivity contribution in [2.24, 2.45) is 4.99 Å². The van der Waals surface area contributed by atoms with Crippen LogP contribution in [0.4, 0.5) is 5.69 Å². The molecule has 2 N–H and O–H groups in total. The Hall–Kier alpha value is -1.83. The van der Waals surface area contributed by atoms with Gasteiger partial charge in [-0.3, -0.25) is 9.79 Å². The van der Waals surface area contributed by atoms with E-state index in [1.54, 1.807) is 24.3 Å². The second-order valence-corrected chi connectivity index (χ2v) is 6.47. The zero-order chi connectivity index (χ0) is 17.2. The third-order valence-corrected chi connectivity index (χ3v) is 5.62. The molecule has 1 aliphatic rings. The molecule has 0 saturated heterocycles. The molecule has 0 bridgehead atoms. The van der Waals surface area contributed by atoms with Crippen molar-refractivity contribution in [2.45, 2.75) is 17.8 Å². The number of nitrogens with zero attached hydrogens (tertiary/aromatic N) is 1. The van der Waals surface area contributed by atoms with Crippen LogP contribution in [-0.2, 0) is 14.3 Å². The largest absolute Gasteiger partial charge is 0.480 e. The van der Waals surface area contributed by atoms with E-state index in [9.17, 15) is 14.7 Å². The molecule has 0 saturated carbocycles. The van der Waals surface area contributed by atoms with Crippen LogP contribution < -0.4 is 0 Å². The van der Waals surface area contributed by atoms with E-state index < -0.39 is 29.4 Å². The molecule has 0 amide bonds. The summed E-state index contributed by atoms with van der Waals surface area (Å²) < 4.78 is 5.32. The summed E-state index contributed by atoms with van der Waals surface area (Å²) in [6.45, 7) is 4.29. The molecule has 0 radical (unpaired) electrons. The van der Waals surface area contributed by atoms with Gasteiger partial charge < -0.3 is 14.9 Å². The summed E-state index contributed by atoms with van der Waals surface area (Å²) in [6, 6.07) is 6.99. The van der Waals surface area contributed by atoms with E-state index in [4.69, 9.17) is 21.4 Å². The van der Waals surface area contributed by atoms with E-state index in [1.165, 1.54) is 6.92 Å². The summed E-state index contributed by atoms with van der Waals surface area (Å²) in [5.74, 6) is -2.33. The van der Waals surface area contributed by atoms with E-state index in [2.05, 4.69) is 11.7 Å². The second kappa shape index (κ2) is 6.74. The lowest BCUT2D eigenvalue weighted by Gasteiger charge is -2.28. The molecular formula is C15H14ClNO5S. The van der Waals surface area contributed by atoms with Gasteiger partial charge in [0.1, 0.15) is 17.5 Å². The monoisotopic (exact) mass is 355 g/mol. The molecule has 23 heavy (non-hydrogen) atoms. The average Bonchev–Trinajstić information content (AvgIpc) is 2.78. The summed E-state index contributed by atoms with van der Waals surface area (Å²) in [5, 5.41) is 17.3. The maximum atomic E-state index is 11.5. The highest BCUT2D eigenvalue weighted by Crippen LogP contribution is 2.53. The molecule has 0 spiro atoms.